The molecule has 1 heterocycles. The monoisotopic (exact) mass is 425 g/mol. The lowest BCUT2D eigenvalue weighted by Crippen LogP contribution is -2.41. The SMILES string of the molecule is COC(=O)Cc1ccc(C(c2ccc(F)cc2)N2CCC(C(F)(F)F)CC2)c(O)c1. The standard InChI is InChI=1S/C22H23F4NO3/c1-30-20(29)13-14-2-7-18(19(28)12-14)21(15-3-5-17(23)6-4-15)27-10-8-16(9-11-27)22(24,25)26/h2-7,12,16,21,28H,8-11,13H2,1H3. The number of carbonyl (C=O) groups is 1. The molecule has 2 aromatic rings. The van der Waals surface area contributed by atoms with Crippen molar-refractivity contribution in [3.8, 4) is 5.75 Å². The van der Waals surface area contributed by atoms with Crippen LogP contribution in [0.15, 0.2) is 42.5 Å². The molecule has 1 atom stereocenters. The number of esters is 1. The predicted molar refractivity (Wildman–Crippen MR) is 102 cm³/mol. The average Bonchev–Trinajstić information content (AvgIpc) is 2.71. The van der Waals surface area contributed by atoms with E-state index < -0.39 is 29.9 Å². The molecule has 30 heavy (non-hydrogen) atoms. The third-order valence-electron chi connectivity index (χ3n) is 5.51. The predicted octanol–water partition coefficient (Wildman–Crippen LogP) is 4.61. The average molecular weight is 425 g/mol. The molecular formula is C22H23F4NO3. The highest BCUT2D eigenvalue weighted by Crippen LogP contribution is 2.40. The molecule has 0 radical (unpaired) electrons. The molecule has 1 fully saturated rings. The number of benzene rings is 2. The van der Waals surface area contributed by atoms with Crippen LogP contribution in [-0.4, -0.2) is 42.4 Å². The summed E-state index contributed by atoms with van der Waals surface area (Å²) in [4.78, 5) is 13.3. The normalized spacial score (nSPS) is 17.0. The largest absolute Gasteiger partial charge is 0.508 e. The van der Waals surface area contributed by atoms with E-state index in [0.717, 1.165) is 0 Å². The maximum atomic E-state index is 13.4. The van der Waals surface area contributed by atoms with Gasteiger partial charge in [-0.25, -0.2) is 4.39 Å². The van der Waals surface area contributed by atoms with Crippen LogP contribution in [0, 0.1) is 11.7 Å². The number of likely N-dealkylation sites (tertiary alicyclic amines) is 1. The van der Waals surface area contributed by atoms with Gasteiger partial charge in [0.05, 0.1) is 25.5 Å². The number of hydrogen-bond donors (Lipinski definition) is 1. The molecule has 0 aliphatic carbocycles. The second-order valence-corrected chi connectivity index (χ2v) is 7.45. The van der Waals surface area contributed by atoms with Crippen LogP contribution < -0.4 is 0 Å². The Morgan fingerprint density at radius 2 is 1.80 bits per heavy atom. The van der Waals surface area contributed by atoms with E-state index in [-0.39, 0.29) is 38.1 Å². The number of carbonyl (C=O) groups excluding carboxylic acids is 1. The number of nitrogens with zero attached hydrogens (tertiary/aromatic N) is 1. The van der Waals surface area contributed by atoms with E-state index in [4.69, 9.17) is 0 Å². The van der Waals surface area contributed by atoms with Crippen LogP contribution in [0.25, 0.3) is 0 Å². The number of ether oxygens (including phenoxy) is 1. The number of phenols is 1. The van der Waals surface area contributed by atoms with Crippen molar-refractivity contribution in [1.29, 1.82) is 0 Å². The topological polar surface area (TPSA) is 49.8 Å². The summed E-state index contributed by atoms with van der Waals surface area (Å²) in [6.07, 6.45) is -4.32. The van der Waals surface area contributed by atoms with Gasteiger partial charge in [0.2, 0.25) is 0 Å². The van der Waals surface area contributed by atoms with Gasteiger partial charge >= 0.3 is 12.1 Å². The van der Waals surface area contributed by atoms with Gasteiger partial charge in [0, 0.05) is 5.56 Å². The van der Waals surface area contributed by atoms with Crippen LogP contribution >= 0.6 is 0 Å². The summed E-state index contributed by atoms with van der Waals surface area (Å²) in [5, 5.41) is 10.6. The molecule has 1 aliphatic heterocycles. The van der Waals surface area contributed by atoms with E-state index in [9.17, 15) is 27.5 Å². The van der Waals surface area contributed by atoms with Crippen molar-refractivity contribution in [3.05, 3.63) is 65.0 Å². The minimum Gasteiger partial charge on any atom is -0.508 e. The summed E-state index contributed by atoms with van der Waals surface area (Å²) in [5.74, 6) is -2.31. The minimum atomic E-state index is -4.23. The molecule has 0 spiro atoms. The van der Waals surface area contributed by atoms with E-state index in [1.54, 1.807) is 24.3 Å². The zero-order chi connectivity index (χ0) is 21.9. The Morgan fingerprint density at radius 3 is 2.33 bits per heavy atom. The van der Waals surface area contributed by atoms with Crippen LogP contribution in [0.2, 0.25) is 0 Å². The molecule has 1 saturated heterocycles. The molecule has 2 aromatic carbocycles. The number of rotatable bonds is 5. The smallest absolute Gasteiger partial charge is 0.391 e. The van der Waals surface area contributed by atoms with Crippen molar-refractivity contribution in [1.82, 2.24) is 4.90 Å². The van der Waals surface area contributed by atoms with Crippen molar-refractivity contribution >= 4 is 5.97 Å². The van der Waals surface area contributed by atoms with Crippen molar-refractivity contribution in [3.63, 3.8) is 0 Å². The first-order chi connectivity index (χ1) is 14.2. The van der Waals surface area contributed by atoms with Gasteiger partial charge in [0.25, 0.3) is 0 Å². The van der Waals surface area contributed by atoms with Gasteiger partial charge in [-0.2, -0.15) is 13.2 Å². The molecule has 4 nitrogen and oxygen atoms in total. The molecule has 1 unspecified atom stereocenters. The van der Waals surface area contributed by atoms with Crippen molar-refractivity contribution in [2.75, 3.05) is 20.2 Å². The van der Waals surface area contributed by atoms with Crippen molar-refractivity contribution in [2.24, 2.45) is 5.92 Å². The van der Waals surface area contributed by atoms with E-state index in [1.807, 2.05) is 4.90 Å². The summed E-state index contributed by atoms with van der Waals surface area (Å²) in [5.41, 5.74) is 1.70. The molecule has 1 aliphatic rings. The number of alkyl halides is 3. The fourth-order valence-electron chi connectivity index (χ4n) is 3.89. The first-order valence-electron chi connectivity index (χ1n) is 9.64. The quantitative estimate of drug-likeness (QED) is 0.562. The highest BCUT2D eigenvalue weighted by atomic mass is 19.4. The fourth-order valence-corrected chi connectivity index (χ4v) is 3.89. The van der Waals surface area contributed by atoms with E-state index >= 15 is 0 Å². The number of methoxy groups -OCH3 is 1. The summed E-state index contributed by atoms with van der Waals surface area (Å²) >= 11 is 0. The third kappa shape index (κ3) is 5.11. The highest BCUT2D eigenvalue weighted by molar-refractivity contribution is 5.72. The second kappa shape index (κ2) is 9.04. The molecule has 8 heteroatoms. The first kappa shape index (κ1) is 22.1. The second-order valence-electron chi connectivity index (χ2n) is 7.45. The lowest BCUT2D eigenvalue weighted by atomic mass is 9.90. The summed E-state index contributed by atoms with van der Waals surface area (Å²) in [6.45, 7) is 0.380. The first-order valence-corrected chi connectivity index (χ1v) is 9.64. The molecular weight excluding hydrogens is 402 g/mol. The highest BCUT2D eigenvalue weighted by Gasteiger charge is 2.42. The van der Waals surface area contributed by atoms with E-state index in [1.165, 1.54) is 25.3 Å². The Morgan fingerprint density at radius 1 is 1.17 bits per heavy atom. The lowest BCUT2D eigenvalue weighted by molar-refractivity contribution is -0.185. The van der Waals surface area contributed by atoms with Crippen LogP contribution in [0.4, 0.5) is 17.6 Å². The van der Waals surface area contributed by atoms with Gasteiger partial charge in [-0.15, -0.1) is 0 Å². The Labute approximate surface area is 172 Å². The molecule has 0 aromatic heterocycles. The van der Waals surface area contributed by atoms with Crippen LogP contribution in [0.5, 0.6) is 5.75 Å². The van der Waals surface area contributed by atoms with E-state index in [0.29, 0.717) is 16.7 Å². The Balaban J connectivity index is 1.91. The Bertz CT molecular complexity index is 875. The maximum Gasteiger partial charge on any atom is 0.391 e. The number of phenolic OH excluding ortho intramolecular Hbond substituents is 1. The number of hydrogen-bond acceptors (Lipinski definition) is 4. The minimum absolute atomic E-state index is 0.0114. The summed E-state index contributed by atoms with van der Waals surface area (Å²) in [6, 6.07) is 9.94. The zero-order valence-electron chi connectivity index (χ0n) is 16.5. The molecule has 0 amide bonds. The maximum absolute atomic E-state index is 13.4. The number of halogens is 4. The van der Waals surface area contributed by atoms with Crippen LogP contribution in [0.1, 0.15) is 35.6 Å². The number of aromatic hydroxyl groups is 1. The van der Waals surface area contributed by atoms with E-state index in [2.05, 4.69) is 4.74 Å². The molecule has 0 saturated carbocycles. The lowest BCUT2D eigenvalue weighted by Gasteiger charge is -2.38. The zero-order valence-corrected chi connectivity index (χ0v) is 16.5. The van der Waals surface area contributed by atoms with Gasteiger partial charge in [-0.1, -0.05) is 24.3 Å². The summed E-state index contributed by atoms with van der Waals surface area (Å²) in [7, 11) is 1.27. The molecule has 3 rings (SSSR count). The van der Waals surface area contributed by atoms with Crippen LogP contribution in [-0.2, 0) is 16.0 Å². The van der Waals surface area contributed by atoms with Gasteiger partial charge < -0.3 is 9.84 Å². The molecule has 1 N–H and O–H groups in total. The third-order valence-corrected chi connectivity index (χ3v) is 5.51. The van der Waals surface area contributed by atoms with Crippen molar-refractivity contribution < 1.29 is 32.2 Å². The van der Waals surface area contributed by atoms with Crippen molar-refractivity contribution in [2.45, 2.75) is 31.5 Å². The Kier molecular flexibility index (Phi) is 6.65. The van der Waals surface area contributed by atoms with Gasteiger partial charge in [-0.05, 0) is 55.3 Å². The summed E-state index contributed by atoms with van der Waals surface area (Å²) < 4.78 is 57.3. The Hall–Kier alpha value is -2.61. The molecule has 162 valence electrons. The van der Waals surface area contributed by atoms with Gasteiger partial charge in [0.15, 0.2) is 0 Å². The fraction of sp³-hybridized carbons (Fsp3) is 0.409. The number of piperidine rings is 1. The van der Waals surface area contributed by atoms with Gasteiger partial charge in [-0.3, -0.25) is 9.69 Å². The van der Waals surface area contributed by atoms with Gasteiger partial charge in [0.1, 0.15) is 11.6 Å². The molecule has 0 bridgehead atoms. The van der Waals surface area contributed by atoms with Crippen LogP contribution in [0.3, 0.4) is 0 Å².